The van der Waals surface area contributed by atoms with Gasteiger partial charge in [-0.1, -0.05) is 60.1 Å². The maximum atomic E-state index is 11.7. The molecule has 0 heterocycles. The van der Waals surface area contributed by atoms with Crippen LogP contribution in [0, 0.1) is 56.7 Å². The van der Waals surface area contributed by atoms with E-state index in [1.165, 1.54) is 32.1 Å². The van der Waals surface area contributed by atoms with Crippen LogP contribution in [0.15, 0.2) is 11.6 Å². The molecule has 2 heteroatoms. The SMILES string of the molecule is CC1=CC[C@@]2(C)[C@H]([C@@H]1C)[C@H]1CC[C@@H]3[C@@]4(C)CC[C@H](O)C(C)(C)[C@@H]4CC[C@@]3(C)[C@]1(C)C[C@H]2O. The lowest BCUT2D eigenvalue weighted by Gasteiger charge is -2.74. The van der Waals surface area contributed by atoms with Crippen molar-refractivity contribution >= 4 is 0 Å². The van der Waals surface area contributed by atoms with Gasteiger partial charge in [-0.25, -0.2) is 0 Å². The molecular weight excluding hydrogens is 392 g/mol. The predicted molar refractivity (Wildman–Crippen MR) is 132 cm³/mol. The maximum absolute atomic E-state index is 11.7. The second kappa shape index (κ2) is 6.87. The molecule has 5 aliphatic carbocycles. The molecule has 2 nitrogen and oxygen atoms in total. The standard InChI is InChI=1S/C30H50O2/c1-18-11-14-28(6)24(32)17-30(8)20(25(28)19(18)2)9-10-22-27(5)15-13-23(31)26(3,4)21(27)12-16-29(22,30)7/h11,19-25,31-32H,9-10,12-17H2,1-8H3/t19-,20-,21+,22-,23+,24-,25-,27+,28-,29-,30-/m1/s1. The number of rotatable bonds is 0. The number of aliphatic hydroxyl groups is 2. The zero-order valence-corrected chi connectivity index (χ0v) is 22.2. The second-order valence-electron chi connectivity index (χ2n) is 14.7. The van der Waals surface area contributed by atoms with Crippen LogP contribution in [-0.4, -0.2) is 22.4 Å². The van der Waals surface area contributed by atoms with Gasteiger partial charge in [0.1, 0.15) is 0 Å². The van der Waals surface area contributed by atoms with Crippen LogP contribution in [0.4, 0.5) is 0 Å². The van der Waals surface area contributed by atoms with Crippen molar-refractivity contribution in [3.8, 4) is 0 Å². The van der Waals surface area contributed by atoms with Crippen LogP contribution in [0.25, 0.3) is 0 Å². The molecule has 0 aromatic rings. The van der Waals surface area contributed by atoms with Gasteiger partial charge >= 0.3 is 0 Å². The number of fused-ring (bicyclic) bond motifs is 7. The summed E-state index contributed by atoms with van der Waals surface area (Å²) >= 11 is 0. The fourth-order valence-corrected chi connectivity index (χ4v) is 11.3. The smallest absolute Gasteiger partial charge is 0.0605 e. The molecule has 0 spiro atoms. The molecule has 4 saturated carbocycles. The first-order valence-electron chi connectivity index (χ1n) is 13.8. The van der Waals surface area contributed by atoms with Gasteiger partial charge in [-0.3, -0.25) is 0 Å². The van der Waals surface area contributed by atoms with Gasteiger partial charge in [0.05, 0.1) is 12.2 Å². The Morgan fingerprint density at radius 2 is 1.47 bits per heavy atom. The van der Waals surface area contributed by atoms with E-state index in [0.717, 1.165) is 19.3 Å². The van der Waals surface area contributed by atoms with Gasteiger partial charge in [0.15, 0.2) is 0 Å². The summed E-state index contributed by atoms with van der Waals surface area (Å²) in [6.45, 7) is 19.7. The highest BCUT2D eigenvalue weighted by Gasteiger charge is 2.70. The first kappa shape index (κ1) is 23.4. The average Bonchev–Trinajstić information content (AvgIpc) is 2.70. The van der Waals surface area contributed by atoms with Crippen molar-refractivity contribution < 1.29 is 10.2 Å². The Labute approximate surface area is 197 Å². The van der Waals surface area contributed by atoms with Gasteiger partial charge in [-0.2, -0.15) is 0 Å². The largest absolute Gasteiger partial charge is 0.393 e. The highest BCUT2D eigenvalue weighted by Crippen LogP contribution is 2.76. The van der Waals surface area contributed by atoms with Gasteiger partial charge in [-0.05, 0) is 110 Å². The fraction of sp³-hybridized carbons (Fsp3) is 0.933. The van der Waals surface area contributed by atoms with Crippen molar-refractivity contribution in [2.24, 2.45) is 56.7 Å². The van der Waals surface area contributed by atoms with E-state index in [-0.39, 0.29) is 33.9 Å². The van der Waals surface area contributed by atoms with E-state index < -0.39 is 0 Å². The number of allylic oxidation sites excluding steroid dienone is 2. The monoisotopic (exact) mass is 442 g/mol. The summed E-state index contributed by atoms with van der Waals surface area (Å²) in [5.74, 6) is 3.18. The Balaban J connectivity index is 1.57. The van der Waals surface area contributed by atoms with Gasteiger partial charge < -0.3 is 10.2 Å². The molecule has 0 unspecified atom stereocenters. The van der Waals surface area contributed by atoms with Crippen molar-refractivity contribution in [3.05, 3.63) is 11.6 Å². The molecular formula is C30H50O2. The van der Waals surface area contributed by atoms with E-state index >= 15 is 0 Å². The lowest BCUT2D eigenvalue weighted by Crippen LogP contribution is -2.69. The summed E-state index contributed by atoms with van der Waals surface area (Å²) < 4.78 is 0. The third-order valence-corrected chi connectivity index (χ3v) is 13.6. The molecule has 0 aromatic carbocycles. The van der Waals surface area contributed by atoms with Gasteiger partial charge in [0.25, 0.3) is 0 Å². The highest BCUT2D eigenvalue weighted by molar-refractivity contribution is 5.24. The van der Waals surface area contributed by atoms with Crippen LogP contribution < -0.4 is 0 Å². The summed E-state index contributed by atoms with van der Waals surface area (Å²) in [6, 6.07) is 0. The van der Waals surface area contributed by atoms with E-state index in [1.807, 2.05) is 0 Å². The van der Waals surface area contributed by atoms with Gasteiger partial charge in [0.2, 0.25) is 0 Å². The minimum absolute atomic E-state index is 0.0104. The molecule has 11 atom stereocenters. The van der Waals surface area contributed by atoms with Crippen molar-refractivity contribution in [1.82, 2.24) is 0 Å². The number of hydrogen-bond donors (Lipinski definition) is 2. The van der Waals surface area contributed by atoms with Crippen LogP contribution in [0.2, 0.25) is 0 Å². The average molecular weight is 443 g/mol. The first-order valence-corrected chi connectivity index (χ1v) is 13.8. The Bertz CT molecular complexity index is 814. The van der Waals surface area contributed by atoms with Gasteiger partial charge in [0, 0.05) is 5.41 Å². The topological polar surface area (TPSA) is 40.5 Å². The molecule has 0 aliphatic heterocycles. The zero-order chi connectivity index (χ0) is 23.5. The predicted octanol–water partition coefficient (Wildman–Crippen LogP) is 7.00. The summed E-state index contributed by atoms with van der Waals surface area (Å²) in [4.78, 5) is 0. The number of hydrogen-bond acceptors (Lipinski definition) is 2. The van der Waals surface area contributed by atoms with Crippen LogP contribution in [0.1, 0.15) is 107 Å². The quantitative estimate of drug-likeness (QED) is 0.397. The maximum Gasteiger partial charge on any atom is 0.0605 e. The zero-order valence-electron chi connectivity index (χ0n) is 22.2. The summed E-state index contributed by atoms with van der Waals surface area (Å²) in [5.41, 5.74) is 2.37. The Kier molecular flexibility index (Phi) is 5.02. The molecule has 0 amide bonds. The minimum Gasteiger partial charge on any atom is -0.393 e. The van der Waals surface area contributed by atoms with Crippen LogP contribution in [-0.2, 0) is 0 Å². The van der Waals surface area contributed by atoms with Crippen molar-refractivity contribution in [2.45, 2.75) is 119 Å². The van der Waals surface area contributed by atoms with E-state index in [9.17, 15) is 10.2 Å². The third kappa shape index (κ3) is 2.61. The Morgan fingerprint density at radius 1 is 0.781 bits per heavy atom. The van der Waals surface area contributed by atoms with Gasteiger partial charge in [-0.15, -0.1) is 0 Å². The fourth-order valence-electron chi connectivity index (χ4n) is 11.3. The van der Waals surface area contributed by atoms with Crippen LogP contribution >= 0.6 is 0 Å². The molecule has 0 bridgehead atoms. The summed E-state index contributed by atoms with van der Waals surface area (Å²) in [6.07, 6.45) is 11.4. The molecule has 5 aliphatic rings. The van der Waals surface area contributed by atoms with E-state index in [1.54, 1.807) is 5.57 Å². The molecule has 5 rings (SSSR count). The van der Waals surface area contributed by atoms with Crippen LogP contribution in [0.5, 0.6) is 0 Å². The molecule has 182 valence electrons. The van der Waals surface area contributed by atoms with Crippen molar-refractivity contribution in [1.29, 1.82) is 0 Å². The third-order valence-electron chi connectivity index (χ3n) is 13.6. The lowest BCUT2D eigenvalue weighted by molar-refractivity contribution is -0.267. The van der Waals surface area contributed by atoms with Crippen molar-refractivity contribution in [3.63, 3.8) is 0 Å². The molecule has 0 aromatic heterocycles. The van der Waals surface area contributed by atoms with Crippen LogP contribution in [0.3, 0.4) is 0 Å². The second-order valence-corrected chi connectivity index (χ2v) is 14.7. The van der Waals surface area contributed by atoms with E-state index in [0.29, 0.717) is 35.0 Å². The Hall–Kier alpha value is -0.340. The normalized spacial score (nSPS) is 59.2. The lowest BCUT2D eigenvalue weighted by atomic mass is 9.31. The first-order chi connectivity index (χ1) is 14.7. The molecule has 4 fully saturated rings. The summed E-state index contributed by atoms with van der Waals surface area (Å²) in [7, 11) is 0. The van der Waals surface area contributed by atoms with E-state index in [4.69, 9.17) is 0 Å². The molecule has 32 heavy (non-hydrogen) atoms. The molecule has 2 N–H and O–H groups in total. The highest BCUT2D eigenvalue weighted by atomic mass is 16.3. The summed E-state index contributed by atoms with van der Waals surface area (Å²) in [5, 5.41) is 22.6. The molecule has 0 saturated heterocycles. The van der Waals surface area contributed by atoms with E-state index in [2.05, 4.69) is 61.5 Å². The molecule has 0 radical (unpaired) electrons. The minimum atomic E-state index is -0.203. The Morgan fingerprint density at radius 3 is 2.16 bits per heavy atom. The number of aliphatic hydroxyl groups excluding tert-OH is 2. The van der Waals surface area contributed by atoms with Crippen molar-refractivity contribution in [2.75, 3.05) is 0 Å².